The molecular weight excluding hydrogens is 254 g/mol. The van der Waals surface area contributed by atoms with Gasteiger partial charge in [-0.1, -0.05) is 6.92 Å². The van der Waals surface area contributed by atoms with E-state index in [1.807, 2.05) is 20.8 Å². The Morgan fingerprint density at radius 2 is 2.05 bits per heavy atom. The summed E-state index contributed by atoms with van der Waals surface area (Å²) >= 11 is 0. The molecule has 4 N–H and O–H groups in total. The summed E-state index contributed by atoms with van der Waals surface area (Å²) in [6, 6.07) is 5.30. The number of anilines is 1. The molecule has 0 saturated carbocycles. The van der Waals surface area contributed by atoms with Crippen molar-refractivity contribution in [3.63, 3.8) is 0 Å². The lowest BCUT2D eigenvalue weighted by molar-refractivity contribution is -0.121. The number of carbonyl (C=O) groups excluding carboxylic acids is 2. The summed E-state index contributed by atoms with van der Waals surface area (Å²) in [5, 5.41) is 5.60. The van der Waals surface area contributed by atoms with Crippen molar-refractivity contribution in [2.24, 2.45) is 0 Å². The maximum absolute atomic E-state index is 12.0. The first kappa shape index (κ1) is 16.0. The molecule has 2 amide bonds. The van der Waals surface area contributed by atoms with Crippen molar-refractivity contribution in [2.45, 2.75) is 39.7 Å². The Balaban J connectivity index is 2.42. The lowest BCUT2D eigenvalue weighted by Gasteiger charge is -2.12. The number of hydrogen-bond donors (Lipinski definition) is 3. The van der Waals surface area contributed by atoms with E-state index in [1.54, 1.807) is 18.2 Å². The quantitative estimate of drug-likeness (QED) is 0.691. The molecule has 1 atom stereocenters. The second-order valence-electron chi connectivity index (χ2n) is 4.96. The third-order valence-corrected chi connectivity index (χ3v) is 3.15. The molecule has 1 aromatic carbocycles. The molecule has 1 aromatic rings. The third-order valence-electron chi connectivity index (χ3n) is 3.15. The molecule has 0 spiro atoms. The van der Waals surface area contributed by atoms with Crippen LogP contribution in [-0.4, -0.2) is 24.4 Å². The van der Waals surface area contributed by atoms with Gasteiger partial charge in [0.25, 0.3) is 5.91 Å². The van der Waals surface area contributed by atoms with Crippen LogP contribution in [0, 0.1) is 6.92 Å². The largest absolute Gasteiger partial charge is 0.399 e. The standard InChI is InChI=1S/C15H23N3O2/c1-4-11(3)18-14(19)7-8-17-15(20)13-6-5-12(16)9-10(13)2/h5-6,9,11H,4,7-8,16H2,1-3H3,(H,17,20)(H,18,19). The molecule has 0 fully saturated rings. The van der Waals surface area contributed by atoms with E-state index in [2.05, 4.69) is 10.6 Å². The van der Waals surface area contributed by atoms with Crippen molar-refractivity contribution in [2.75, 3.05) is 12.3 Å². The monoisotopic (exact) mass is 277 g/mol. The number of nitrogens with one attached hydrogen (secondary N) is 2. The fraction of sp³-hybridized carbons (Fsp3) is 0.467. The second kappa shape index (κ2) is 7.53. The molecule has 0 radical (unpaired) electrons. The number of amides is 2. The van der Waals surface area contributed by atoms with Gasteiger partial charge >= 0.3 is 0 Å². The summed E-state index contributed by atoms with van der Waals surface area (Å²) in [6.45, 7) is 6.12. The van der Waals surface area contributed by atoms with E-state index in [9.17, 15) is 9.59 Å². The topological polar surface area (TPSA) is 84.2 Å². The molecule has 0 aliphatic heterocycles. The maximum atomic E-state index is 12.0. The zero-order chi connectivity index (χ0) is 15.1. The molecule has 5 nitrogen and oxygen atoms in total. The van der Waals surface area contributed by atoms with Gasteiger partial charge in [-0.2, -0.15) is 0 Å². The van der Waals surface area contributed by atoms with Crippen molar-refractivity contribution < 1.29 is 9.59 Å². The fourth-order valence-corrected chi connectivity index (χ4v) is 1.78. The molecule has 0 aliphatic rings. The van der Waals surface area contributed by atoms with E-state index in [0.717, 1.165) is 12.0 Å². The fourth-order valence-electron chi connectivity index (χ4n) is 1.78. The van der Waals surface area contributed by atoms with Crippen LogP contribution >= 0.6 is 0 Å². The Morgan fingerprint density at radius 1 is 1.35 bits per heavy atom. The van der Waals surface area contributed by atoms with Crippen LogP contribution in [0.3, 0.4) is 0 Å². The summed E-state index contributed by atoms with van der Waals surface area (Å²) in [5.74, 6) is -0.229. The van der Waals surface area contributed by atoms with Gasteiger partial charge in [0.1, 0.15) is 0 Å². The first-order chi connectivity index (χ1) is 9.43. The third kappa shape index (κ3) is 4.91. The molecule has 110 valence electrons. The number of nitrogens with two attached hydrogens (primary N) is 1. The van der Waals surface area contributed by atoms with Crippen molar-refractivity contribution in [3.8, 4) is 0 Å². The van der Waals surface area contributed by atoms with E-state index < -0.39 is 0 Å². The molecule has 0 aromatic heterocycles. The Kier molecular flexibility index (Phi) is 6.03. The number of nitrogen functional groups attached to an aromatic ring is 1. The Labute approximate surface area is 119 Å². The van der Waals surface area contributed by atoms with Crippen LogP contribution in [0.25, 0.3) is 0 Å². The van der Waals surface area contributed by atoms with Crippen molar-refractivity contribution in [1.82, 2.24) is 10.6 Å². The highest BCUT2D eigenvalue weighted by atomic mass is 16.2. The van der Waals surface area contributed by atoms with Crippen molar-refractivity contribution in [3.05, 3.63) is 29.3 Å². The first-order valence-corrected chi connectivity index (χ1v) is 6.87. The van der Waals surface area contributed by atoms with Crippen molar-refractivity contribution in [1.29, 1.82) is 0 Å². The highest BCUT2D eigenvalue weighted by molar-refractivity contribution is 5.96. The zero-order valence-corrected chi connectivity index (χ0v) is 12.3. The van der Waals surface area contributed by atoms with Gasteiger partial charge in [0.15, 0.2) is 0 Å². The molecule has 0 heterocycles. The number of benzene rings is 1. The lowest BCUT2D eigenvalue weighted by atomic mass is 10.1. The molecule has 20 heavy (non-hydrogen) atoms. The Bertz CT molecular complexity index is 486. The number of carbonyl (C=O) groups is 2. The lowest BCUT2D eigenvalue weighted by Crippen LogP contribution is -2.35. The zero-order valence-electron chi connectivity index (χ0n) is 12.3. The van der Waals surface area contributed by atoms with E-state index in [-0.39, 0.29) is 24.3 Å². The molecule has 5 heteroatoms. The highest BCUT2D eigenvalue weighted by Gasteiger charge is 2.10. The Hall–Kier alpha value is -2.04. The molecule has 1 unspecified atom stereocenters. The maximum Gasteiger partial charge on any atom is 0.251 e. The van der Waals surface area contributed by atoms with Crippen LogP contribution in [-0.2, 0) is 4.79 Å². The van der Waals surface area contributed by atoms with Crippen LogP contribution in [0.5, 0.6) is 0 Å². The van der Waals surface area contributed by atoms with Crippen LogP contribution in [0.15, 0.2) is 18.2 Å². The summed E-state index contributed by atoms with van der Waals surface area (Å²) in [4.78, 5) is 23.5. The van der Waals surface area contributed by atoms with Crippen LogP contribution < -0.4 is 16.4 Å². The average molecular weight is 277 g/mol. The Morgan fingerprint density at radius 3 is 2.65 bits per heavy atom. The van der Waals surface area contributed by atoms with Gasteiger partial charge in [-0.3, -0.25) is 9.59 Å². The minimum atomic E-state index is -0.182. The minimum Gasteiger partial charge on any atom is -0.399 e. The molecule has 0 aliphatic carbocycles. The van der Waals surface area contributed by atoms with Gasteiger partial charge < -0.3 is 16.4 Å². The molecule has 0 bridgehead atoms. The normalized spacial score (nSPS) is 11.8. The van der Waals surface area contributed by atoms with E-state index in [4.69, 9.17) is 5.73 Å². The summed E-state index contributed by atoms with van der Waals surface area (Å²) in [7, 11) is 0. The molecule has 0 saturated heterocycles. The number of aryl methyl sites for hydroxylation is 1. The van der Waals surface area contributed by atoms with Gasteiger partial charge in [0, 0.05) is 30.3 Å². The summed E-state index contributed by atoms with van der Waals surface area (Å²) < 4.78 is 0. The summed E-state index contributed by atoms with van der Waals surface area (Å²) in [5.41, 5.74) is 7.68. The van der Waals surface area contributed by atoms with Gasteiger partial charge in [0.2, 0.25) is 5.91 Å². The van der Waals surface area contributed by atoms with Crippen LogP contribution in [0.2, 0.25) is 0 Å². The highest BCUT2D eigenvalue weighted by Crippen LogP contribution is 2.12. The minimum absolute atomic E-state index is 0.0475. The SMILES string of the molecule is CCC(C)NC(=O)CCNC(=O)c1ccc(N)cc1C. The van der Waals surface area contributed by atoms with Gasteiger partial charge in [-0.05, 0) is 44.0 Å². The van der Waals surface area contributed by atoms with Gasteiger partial charge in [0.05, 0.1) is 0 Å². The molecular formula is C15H23N3O2. The van der Waals surface area contributed by atoms with Gasteiger partial charge in [-0.25, -0.2) is 0 Å². The predicted molar refractivity (Wildman–Crippen MR) is 80.4 cm³/mol. The summed E-state index contributed by atoms with van der Waals surface area (Å²) in [6.07, 6.45) is 1.17. The van der Waals surface area contributed by atoms with E-state index in [0.29, 0.717) is 17.8 Å². The van der Waals surface area contributed by atoms with Crippen LogP contribution in [0.1, 0.15) is 42.6 Å². The van der Waals surface area contributed by atoms with Gasteiger partial charge in [-0.15, -0.1) is 0 Å². The second-order valence-corrected chi connectivity index (χ2v) is 4.96. The number of hydrogen-bond acceptors (Lipinski definition) is 3. The van der Waals surface area contributed by atoms with E-state index in [1.165, 1.54) is 0 Å². The number of rotatable bonds is 6. The molecule has 1 rings (SSSR count). The van der Waals surface area contributed by atoms with Crippen molar-refractivity contribution >= 4 is 17.5 Å². The first-order valence-electron chi connectivity index (χ1n) is 6.87. The average Bonchev–Trinajstić information content (AvgIpc) is 2.38. The van der Waals surface area contributed by atoms with Crippen LogP contribution in [0.4, 0.5) is 5.69 Å². The smallest absolute Gasteiger partial charge is 0.251 e. The predicted octanol–water partition coefficient (Wildman–Crippen LogP) is 1.61. The van der Waals surface area contributed by atoms with E-state index >= 15 is 0 Å².